The Kier molecular flexibility index (Phi) is 3.54. The van der Waals surface area contributed by atoms with Crippen molar-refractivity contribution in [3.63, 3.8) is 0 Å². The van der Waals surface area contributed by atoms with Gasteiger partial charge in [0.2, 0.25) is 0 Å². The van der Waals surface area contributed by atoms with Crippen LogP contribution in [0.25, 0.3) is 0 Å². The Balaban J connectivity index is 2.42. The molecule has 0 aromatic heterocycles. The fourth-order valence-electron chi connectivity index (χ4n) is 2.54. The molecule has 0 radical (unpaired) electrons. The number of hydrogen-bond donors (Lipinski definition) is 1. The molecule has 0 saturated heterocycles. The molecule has 19 heavy (non-hydrogen) atoms. The summed E-state index contributed by atoms with van der Waals surface area (Å²) in [5.41, 5.74) is 1.59. The quantitative estimate of drug-likeness (QED) is 0.908. The van der Waals surface area contributed by atoms with E-state index < -0.39 is 15.8 Å². The van der Waals surface area contributed by atoms with Gasteiger partial charge in [-0.2, -0.15) is 0 Å². The van der Waals surface area contributed by atoms with Crippen molar-refractivity contribution in [2.45, 2.75) is 30.7 Å². The molecule has 2 rings (SSSR count). The van der Waals surface area contributed by atoms with Gasteiger partial charge in [-0.05, 0) is 25.0 Å². The van der Waals surface area contributed by atoms with Gasteiger partial charge in [-0.1, -0.05) is 12.1 Å². The third-order valence-corrected chi connectivity index (χ3v) is 5.36. The van der Waals surface area contributed by atoms with Crippen LogP contribution in [-0.2, 0) is 14.6 Å². The summed E-state index contributed by atoms with van der Waals surface area (Å²) in [4.78, 5) is 12.9. The second kappa shape index (κ2) is 4.85. The number of aryl methyl sites for hydroxylation is 1. The highest BCUT2D eigenvalue weighted by atomic mass is 32.2. The summed E-state index contributed by atoms with van der Waals surface area (Å²) in [5.74, 6) is -0.922. The van der Waals surface area contributed by atoms with Gasteiger partial charge in [-0.3, -0.25) is 4.79 Å². The summed E-state index contributed by atoms with van der Waals surface area (Å²) in [6.07, 6.45) is 0.310. The maximum atomic E-state index is 12.3. The highest BCUT2D eigenvalue weighted by molar-refractivity contribution is 7.91. The Hall–Kier alpha value is -1.56. The first-order chi connectivity index (χ1) is 8.83. The highest BCUT2D eigenvalue weighted by Crippen LogP contribution is 2.36. The fourth-order valence-corrected chi connectivity index (χ4v) is 4.50. The van der Waals surface area contributed by atoms with Crippen LogP contribution < -0.4 is 4.90 Å². The number of sulfone groups is 1. The number of nitrogens with zero attached hydrogens (tertiary/aromatic N) is 1. The third-order valence-electron chi connectivity index (χ3n) is 3.54. The van der Waals surface area contributed by atoms with Crippen LogP contribution in [0.5, 0.6) is 0 Å². The lowest BCUT2D eigenvalue weighted by molar-refractivity contribution is -0.137. The average Bonchev–Trinajstić information content (AvgIpc) is 2.32. The molecule has 6 heteroatoms. The Morgan fingerprint density at radius 2 is 2.16 bits per heavy atom. The van der Waals surface area contributed by atoms with Crippen molar-refractivity contribution in [3.05, 3.63) is 23.8 Å². The average molecular weight is 283 g/mol. The molecular weight excluding hydrogens is 266 g/mol. The number of rotatable bonds is 3. The van der Waals surface area contributed by atoms with Crippen molar-refractivity contribution in [2.24, 2.45) is 0 Å². The molecule has 1 unspecified atom stereocenters. The number of para-hydroxylation sites is 1. The zero-order valence-electron chi connectivity index (χ0n) is 11.0. The van der Waals surface area contributed by atoms with Gasteiger partial charge in [0, 0.05) is 19.5 Å². The molecule has 0 saturated carbocycles. The van der Waals surface area contributed by atoms with Gasteiger partial charge in [-0.25, -0.2) is 8.42 Å². The molecule has 1 aliphatic heterocycles. The molecule has 0 amide bonds. The van der Waals surface area contributed by atoms with Gasteiger partial charge in [0.15, 0.2) is 9.84 Å². The van der Waals surface area contributed by atoms with Crippen LogP contribution in [0.15, 0.2) is 23.1 Å². The molecule has 0 fully saturated rings. The first-order valence-corrected chi connectivity index (χ1v) is 7.75. The van der Waals surface area contributed by atoms with Crippen molar-refractivity contribution in [3.8, 4) is 0 Å². The smallest absolute Gasteiger partial charge is 0.303 e. The van der Waals surface area contributed by atoms with Crippen LogP contribution >= 0.6 is 0 Å². The Morgan fingerprint density at radius 3 is 2.79 bits per heavy atom. The zero-order valence-corrected chi connectivity index (χ0v) is 11.8. The predicted molar refractivity (Wildman–Crippen MR) is 72.3 cm³/mol. The standard InChI is InChI=1S/C13H17NO4S/c1-9-4-3-5-11-13(9)14(2)10(6-7-12(15)16)8-19(11,17)18/h3-5,10H,6-8H2,1-2H3,(H,15,16). The van der Waals surface area contributed by atoms with Gasteiger partial charge >= 0.3 is 5.97 Å². The molecule has 5 nitrogen and oxygen atoms in total. The zero-order chi connectivity index (χ0) is 14.2. The molecule has 1 atom stereocenters. The molecular formula is C13H17NO4S. The lowest BCUT2D eigenvalue weighted by Crippen LogP contribution is -2.43. The van der Waals surface area contributed by atoms with E-state index in [0.29, 0.717) is 17.0 Å². The van der Waals surface area contributed by atoms with Crippen LogP contribution in [0.4, 0.5) is 5.69 Å². The molecule has 1 heterocycles. The monoisotopic (exact) mass is 283 g/mol. The second-order valence-corrected chi connectivity index (χ2v) is 6.90. The maximum absolute atomic E-state index is 12.3. The molecule has 1 aromatic carbocycles. The first kappa shape index (κ1) is 13.9. The summed E-state index contributed by atoms with van der Waals surface area (Å²) in [6, 6.07) is 4.93. The van der Waals surface area contributed by atoms with Gasteiger partial charge in [-0.15, -0.1) is 0 Å². The summed E-state index contributed by atoms with van der Waals surface area (Å²) >= 11 is 0. The summed E-state index contributed by atoms with van der Waals surface area (Å²) in [5, 5.41) is 8.74. The van der Waals surface area contributed by atoms with E-state index in [2.05, 4.69) is 0 Å². The summed E-state index contributed by atoms with van der Waals surface area (Å²) in [7, 11) is -1.50. The SMILES string of the molecule is Cc1cccc2c1N(C)C(CCC(=O)O)CS2(=O)=O. The van der Waals surface area contributed by atoms with Crippen molar-refractivity contribution in [1.82, 2.24) is 0 Å². The molecule has 1 aromatic rings. The number of benzene rings is 1. The predicted octanol–water partition coefficient (Wildman–Crippen LogP) is 1.45. The lowest BCUT2D eigenvalue weighted by atomic mass is 10.1. The molecule has 1 N–H and O–H groups in total. The number of carbonyl (C=O) groups is 1. The van der Waals surface area contributed by atoms with Gasteiger partial charge in [0.05, 0.1) is 16.3 Å². The minimum absolute atomic E-state index is 0.0206. The Morgan fingerprint density at radius 1 is 1.47 bits per heavy atom. The van der Waals surface area contributed by atoms with Gasteiger partial charge in [0.1, 0.15) is 0 Å². The van der Waals surface area contributed by atoms with Crippen LogP contribution in [0, 0.1) is 6.92 Å². The van der Waals surface area contributed by atoms with E-state index in [9.17, 15) is 13.2 Å². The minimum atomic E-state index is -3.33. The third kappa shape index (κ3) is 2.58. The van der Waals surface area contributed by atoms with E-state index >= 15 is 0 Å². The molecule has 0 aliphatic carbocycles. The van der Waals surface area contributed by atoms with E-state index in [1.54, 1.807) is 12.1 Å². The normalized spacial score (nSPS) is 20.9. The van der Waals surface area contributed by atoms with Gasteiger partial charge in [0.25, 0.3) is 0 Å². The van der Waals surface area contributed by atoms with Crippen LogP contribution in [0.3, 0.4) is 0 Å². The number of hydrogen-bond acceptors (Lipinski definition) is 4. The van der Waals surface area contributed by atoms with E-state index in [4.69, 9.17) is 5.11 Å². The molecule has 0 spiro atoms. The van der Waals surface area contributed by atoms with Crippen molar-refractivity contribution < 1.29 is 18.3 Å². The van der Waals surface area contributed by atoms with Crippen LogP contribution in [0.1, 0.15) is 18.4 Å². The molecule has 104 valence electrons. The largest absolute Gasteiger partial charge is 0.481 e. The van der Waals surface area contributed by atoms with Crippen molar-refractivity contribution >= 4 is 21.5 Å². The second-order valence-electron chi connectivity index (χ2n) is 4.90. The topological polar surface area (TPSA) is 74.7 Å². The lowest BCUT2D eigenvalue weighted by Gasteiger charge is -2.36. The number of carboxylic acids is 1. The highest BCUT2D eigenvalue weighted by Gasteiger charge is 2.34. The van der Waals surface area contributed by atoms with E-state index in [1.165, 1.54) is 0 Å². The fraction of sp³-hybridized carbons (Fsp3) is 0.462. The number of anilines is 1. The molecule has 0 bridgehead atoms. The van der Waals surface area contributed by atoms with Crippen molar-refractivity contribution in [1.29, 1.82) is 0 Å². The summed E-state index contributed by atoms with van der Waals surface area (Å²) < 4.78 is 24.5. The van der Waals surface area contributed by atoms with E-state index in [0.717, 1.165) is 5.56 Å². The van der Waals surface area contributed by atoms with Crippen molar-refractivity contribution in [2.75, 3.05) is 17.7 Å². The molecule has 1 aliphatic rings. The summed E-state index contributed by atoms with van der Waals surface area (Å²) in [6.45, 7) is 1.87. The van der Waals surface area contributed by atoms with Gasteiger partial charge < -0.3 is 10.0 Å². The Bertz CT molecular complexity index is 609. The van der Waals surface area contributed by atoms with E-state index in [-0.39, 0.29) is 18.2 Å². The first-order valence-electron chi connectivity index (χ1n) is 6.10. The van der Waals surface area contributed by atoms with Crippen LogP contribution in [-0.4, -0.2) is 38.3 Å². The van der Waals surface area contributed by atoms with Crippen LogP contribution in [0.2, 0.25) is 0 Å². The number of aliphatic carboxylic acids is 1. The minimum Gasteiger partial charge on any atom is -0.481 e. The number of fused-ring (bicyclic) bond motifs is 1. The number of carboxylic acid groups (broad SMARTS) is 1. The van der Waals surface area contributed by atoms with E-state index in [1.807, 2.05) is 24.9 Å². The Labute approximate surface area is 112 Å². The maximum Gasteiger partial charge on any atom is 0.303 e.